The molecule has 0 nitrogen and oxygen atoms in total. The van der Waals surface area contributed by atoms with Crippen molar-refractivity contribution in [2.75, 3.05) is 0 Å². The van der Waals surface area contributed by atoms with Crippen molar-refractivity contribution in [2.45, 2.75) is 0 Å². The normalized spacial score (nSPS) is 0. The van der Waals surface area contributed by atoms with Crippen molar-refractivity contribution in [3.05, 3.63) is 0 Å². The SMILES string of the molecule is [Fe].[Fe].[Mn].[SiH4]. The van der Waals surface area contributed by atoms with Gasteiger partial charge in [-0.15, -0.1) is 0 Å². The standard InChI is InChI=1S/2Fe.Mn.H4Si/h;;;1H4. The molecule has 0 aromatic carbocycles. The molecule has 0 aliphatic carbocycles. The first-order chi connectivity index (χ1) is 0. The molecule has 0 atom stereocenters. The van der Waals surface area contributed by atoms with E-state index < -0.39 is 0 Å². The predicted molar refractivity (Wildman–Crippen MR) is 11.3 cm³/mol. The van der Waals surface area contributed by atoms with E-state index in [4.69, 9.17) is 0 Å². The fraction of sp³-hybridized carbons (Fsp3) is 0. The van der Waals surface area contributed by atoms with Crippen molar-refractivity contribution in [3.8, 4) is 0 Å². The second-order valence-electron chi connectivity index (χ2n) is 0. The molecular weight excluding hydrogens is 195 g/mol. The summed E-state index contributed by atoms with van der Waals surface area (Å²) in [5.41, 5.74) is 0. The Balaban J connectivity index is 0. The van der Waals surface area contributed by atoms with Gasteiger partial charge in [0.15, 0.2) is 0 Å². The van der Waals surface area contributed by atoms with Crippen molar-refractivity contribution >= 4 is 11.0 Å². The summed E-state index contributed by atoms with van der Waals surface area (Å²) < 4.78 is 0. The van der Waals surface area contributed by atoms with Gasteiger partial charge >= 0.3 is 0 Å². The Hall–Kier alpha value is 1.78. The molecule has 0 aliphatic rings. The first-order valence-corrected chi connectivity index (χ1v) is 0. The summed E-state index contributed by atoms with van der Waals surface area (Å²) in [4.78, 5) is 0. The summed E-state index contributed by atoms with van der Waals surface area (Å²) >= 11 is 0. The first kappa shape index (κ1) is 41.8. The van der Waals surface area contributed by atoms with Gasteiger partial charge in [-0.2, -0.15) is 0 Å². The van der Waals surface area contributed by atoms with E-state index in [1.165, 1.54) is 0 Å². The van der Waals surface area contributed by atoms with Crippen LogP contribution >= 0.6 is 0 Å². The number of hydrogen-bond acceptors (Lipinski definition) is 0. The quantitative estimate of drug-likeness (QED) is 0.418. The van der Waals surface area contributed by atoms with Crippen molar-refractivity contribution in [2.24, 2.45) is 0 Å². The molecule has 0 rings (SSSR count). The van der Waals surface area contributed by atoms with Crippen molar-refractivity contribution in [1.29, 1.82) is 0 Å². The molecule has 31 valence electrons. The Morgan fingerprint density at radius 2 is 0.750 bits per heavy atom. The molecule has 0 unspecified atom stereocenters. The summed E-state index contributed by atoms with van der Waals surface area (Å²) in [5.74, 6) is 0. The molecule has 0 saturated carbocycles. The van der Waals surface area contributed by atoms with E-state index in [0.717, 1.165) is 0 Å². The Labute approximate surface area is 61.9 Å². The molecule has 0 amide bonds. The van der Waals surface area contributed by atoms with E-state index in [9.17, 15) is 0 Å². The van der Waals surface area contributed by atoms with Crippen LogP contribution < -0.4 is 0 Å². The molecule has 0 aromatic heterocycles. The third-order valence-electron chi connectivity index (χ3n) is 0. The van der Waals surface area contributed by atoms with E-state index in [-0.39, 0.29) is 62.2 Å². The Kier molecular flexibility index (Phi) is 226. The minimum Gasteiger partial charge on any atom is -0.0149 e. The number of rotatable bonds is 0. The Morgan fingerprint density at radius 3 is 0.750 bits per heavy atom. The van der Waals surface area contributed by atoms with Crippen LogP contribution in [0.3, 0.4) is 0 Å². The van der Waals surface area contributed by atoms with Gasteiger partial charge in [-0.25, -0.2) is 0 Å². The second-order valence-corrected chi connectivity index (χ2v) is 0. The van der Waals surface area contributed by atoms with Crippen LogP contribution in [-0.2, 0) is 51.2 Å². The predicted octanol–water partition coefficient (Wildman–Crippen LogP) is -1.46. The summed E-state index contributed by atoms with van der Waals surface area (Å²) in [7, 11) is 0. The van der Waals surface area contributed by atoms with E-state index >= 15 is 0 Å². The third-order valence-corrected chi connectivity index (χ3v) is 0. The minimum atomic E-state index is 0. The average Bonchev–Trinajstić information content (AvgIpc) is 0. The van der Waals surface area contributed by atoms with Gasteiger partial charge in [-0.3, -0.25) is 0 Å². The van der Waals surface area contributed by atoms with Crippen LogP contribution in [-0.4, -0.2) is 11.0 Å². The zero-order valence-electron chi connectivity index (χ0n) is 1.09. The molecule has 0 N–H and O–H groups in total. The molecule has 1 radical (unpaired) electrons. The van der Waals surface area contributed by atoms with Gasteiger partial charge in [-0.05, 0) is 11.0 Å². The summed E-state index contributed by atoms with van der Waals surface area (Å²) in [6, 6.07) is 0. The van der Waals surface area contributed by atoms with Gasteiger partial charge in [0.05, 0.1) is 0 Å². The van der Waals surface area contributed by atoms with Crippen molar-refractivity contribution in [1.82, 2.24) is 0 Å². The van der Waals surface area contributed by atoms with E-state index in [1.807, 2.05) is 0 Å². The Morgan fingerprint density at radius 1 is 0.750 bits per heavy atom. The second kappa shape index (κ2) is 21.6. The largest absolute Gasteiger partial charge is 0.0149 e. The molecule has 0 fully saturated rings. The summed E-state index contributed by atoms with van der Waals surface area (Å²) in [5, 5.41) is 0. The summed E-state index contributed by atoms with van der Waals surface area (Å²) in [6.07, 6.45) is 0. The monoisotopic (exact) mass is 199 g/mol. The van der Waals surface area contributed by atoms with Crippen molar-refractivity contribution in [3.63, 3.8) is 0 Å². The molecule has 0 spiro atoms. The maximum atomic E-state index is 0. The van der Waals surface area contributed by atoms with Crippen LogP contribution in [0.4, 0.5) is 0 Å². The van der Waals surface area contributed by atoms with Gasteiger partial charge in [0.2, 0.25) is 0 Å². The molecule has 4 heavy (non-hydrogen) atoms. The molecule has 0 heterocycles. The molecule has 0 bridgehead atoms. The van der Waals surface area contributed by atoms with Crippen LogP contribution in [0.25, 0.3) is 0 Å². The van der Waals surface area contributed by atoms with Crippen LogP contribution in [0.2, 0.25) is 0 Å². The summed E-state index contributed by atoms with van der Waals surface area (Å²) in [6.45, 7) is 0. The average molecular weight is 199 g/mol. The fourth-order valence-electron chi connectivity index (χ4n) is 0. The minimum absolute atomic E-state index is 0. The van der Waals surface area contributed by atoms with Gasteiger partial charge in [0, 0.05) is 51.2 Å². The number of hydrogen-bond donors (Lipinski definition) is 0. The van der Waals surface area contributed by atoms with Crippen LogP contribution in [0.15, 0.2) is 0 Å². The van der Waals surface area contributed by atoms with E-state index in [2.05, 4.69) is 0 Å². The molecule has 0 saturated heterocycles. The van der Waals surface area contributed by atoms with Crippen LogP contribution in [0.1, 0.15) is 0 Å². The molecule has 4 heteroatoms. The molecule has 0 aromatic rings. The third kappa shape index (κ3) is 9.23. The van der Waals surface area contributed by atoms with Gasteiger partial charge in [0.1, 0.15) is 0 Å². The topological polar surface area (TPSA) is 0 Å². The Bertz CT molecular complexity index is 6.00. The van der Waals surface area contributed by atoms with Crippen molar-refractivity contribution < 1.29 is 51.2 Å². The van der Waals surface area contributed by atoms with E-state index in [0.29, 0.717) is 0 Å². The van der Waals surface area contributed by atoms with Crippen LogP contribution in [0, 0.1) is 0 Å². The van der Waals surface area contributed by atoms with E-state index in [1.54, 1.807) is 0 Å². The molecule has 0 aliphatic heterocycles. The van der Waals surface area contributed by atoms with Gasteiger partial charge < -0.3 is 0 Å². The molecular formula is H4Fe2MnSi. The maximum absolute atomic E-state index is 0. The van der Waals surface area contributed by atoms with Gasteiger partial charge in [0.25, 0.3) is 0 Å². The first-order valence-electron chi connectivity index (χ1n) is 0. The zero-order chi connectivity index (χ0) is 0. The van der Waals surface area contributed by atoms with Crippen LogP contribution in [0.5, 0.6) is 0 Å². The zero-order valence-corrected chi connectivity index (χ0v) is 4.47. The fourth-order valence-corrected chi connectivity index (χ4v) is 0. The smallest absolute Gasteiger partial charge is 0 e. The van der Waals surface area contributed by atoms with Gasteiger partial charge in [-0.1, -0.05) is 0 Å². The maximum Gasteiger partial charge on any atom is 0 e.